The van der Waals surface area contributed by atoms with Gasteiger partial charge in [0, 0.05) is 49.7 Å². The smallest absolute Gasteiger partial charge is 0.352 e. The molecule has 1 aromatic carbocycles. The van der Waals surface area contributed by atoms with Crippen molar-refractivity contribution in [3.63, 3.8) is 0 Å². The standard InChI is InChI=1S/C25H27N7O6S/c33-19(13-17-5-2-1-3-6-17)14-20-22(34)31-21(24(35)36)18(16-39-23(20)31)15-38-28-32(37)30-11-9-29(10-12-30)25-26-7-4-8-27-25/h1-8,20,23H,9-16H2,(H,35,36)/b32-28-/t20-,23-/m1/s1. The summed E-state index contributed by atoms with van der Waals surface area (Å²) in [7, 11) is 0. The number of ketones is 1. The number of benzene rings is 1. The number of carboxylic acids is 1. The topological polar surface area (TPSA) is 155 Å². The van der Waals surface area contributed by atoms with Gasteiger partial charge in [0.05, 0.1) is 29.4 Å². The SMILES string of the molecule is O=C(Cc1ccccc1)C[C@@H]1C(=O)N2C(C(=O)O)=C(CO/N=[N+](\[O-])N3CCN(c4ncccn4)CC3)CS[C@H]12. The molecule has 2 saturated heterocycles. The Morgan fingerprint density at radius 2 is 1.85 bits per heavy atom. The Balaban J connectivity index is 1.15. The van der Waals surface area contributed by atoms with Crippen LogP contribution in [0.1, 0.15) is 12.0 Å². The normalized spacial score (nSPS) is 21.4. The molecule has 2 atom stereocenters. The maximum absolute atomic E-state index is 12.9. The Labute approximate surface area is 228 Å². The van der Waals surface area contributed by atoms with Crippen molar-refractivity contribution in [3.8, 4) is 0 Å². The number of thioether (sulfide) groups is 1. The lowest BCUT2D eigenvalue weighted by molar-refractivity contribution is -0.711. The number of Topliss-reactive ketones (excluding diaryl/α,β-unsaturated/α-hetero) is 1. The van der Waals surface area contributed by atoms with E-state index in [2.05, 4.69) is 15.2 Å². The Kier molecular flexibility index (Phi) is 7.91. The highest BCUT2D eigenvalue weighted by molar-refractivity contribution is 8.00. The summed E-state index contributed by atoms with van der Waals surface area (Å²) in [6.07, 6.45) is 3.60. The molecule has 0 radical (unpaired) electrons. The second-order valence-electron chi connectivity index (χ2n) is 9.28. The number of carbonyl (C=O) groups is 3. The fourth-order valence-corrected chi connectivity index (χ4v) is 6.19. The van der Waals surface area contributed by atoms with Crippen LogP contribution in [0.25, 0.3) is 0 Å². The zero-order valence-corrected chi connectivity index (χ0v) is 21.8. The largest absolute Gasteiger partial charge is 0.569 e. The molecule has 3 aliphatic heterocycles. The average Bonchev–Trinajstić information content (AvgIpc) is 2.96. The molecule has 4 heterocycles. The third-order valence-corrected chi connectivity index (χ3v) is 8.15. The number of hydrazine groups is 1. The van der Waals surface area contributed by atoms with Crippen LogP contribution >= 0.6 is 11.8 Å². The molecule has 1 N–H and O–H groups in total. The number of rotatable bonds is 10. The van der Waals surface area contributed by atoms with Crippen LogP contribution < -0.4 is 4.90 Å². The third kappa shape index (κ3) is 5.79. The van der Waals surface area contributed by atoms with Crippen LogP contribution in [-0.2, 0) is 25.6 Å². The Morgan fingerprint density at radius 3 is 2.54 bits per heavy atom. The van der Waals surface area contributed by atoms with Crippen molar-refractivity contribution in [2.45, 2.75) is 18.2 Å². The predicted octanol–water partition coefficient (Wildman–Crippen LogP) is 1.48. The van der Waals surface area contributed by atoms with Crippen LogP contribution in [0.5, 0.6) is 0 Å². The number of anilines is 1. The van der Waals surface area contributed by atoms with E-state index in [0.717, 1.165) is 5.56 Å². The fourth-order valence-electron chi connectivity index (χ4n) is 4.80. The van der Waals surface area contributed by atoms with Gasteiger partial charge < -0.3 is 20.1 Å². The quantitative estimate of drug-likeness (QED) is 0.197. The van der Waals surface area contributed by atoms with Crippen LogP contribution in [0.15, 0.2) is 65.3 Å². The molecule has 0 saturated carbocycles. The van der Waals surface area contributed by atoms with Gasteiger partial charge in [-0.2, -0.15) is 0 Å². The molecule has 1 aromatic heterocycles. The summed E-state index contributed by atoms with van der Waals surface area (Å²) >= 11 is 1.38. The van der Waals surface area contributed by atoms with Gasteiger partial charge in [0.15, 0.2) is 0 Å². The summed E-state index contributed by atoms with van der Waals surface area (Å²) in [5.74, 6) is -1.42. The lowest BCUT2D eigenvalue weighted by atomic mass is 9.89. The molecular formula is C25H27N7O6S. The molecule has 2 fully saturated rings. The number of hydrogen-bond donors (Lipinski definition) is 1. The molecule has 13 nitrogen and oxygen atoms in total. The maximum Gasteiger partial charge on any atom is 0.352 e. The number of amides is 1. The number of fused-ring (bicyclic) bond motifs is 1. The van der Waals surface area contributed by atoms with Crippen LogP contribution in [0.4, 0.5) is 5.95 Å². The first-order valence-corrected chi connectivity index (χ1v) is 13.5. The molecule has 2 aromatic rings. The predicted molar refractivity (Wildman–Crippen MR) is 139 cm³/mol. The van der Waals surface area contributed by atoms with E-state index in [0.29, 0.717) is 42.7 Å². The summed E-state index contributed by atoms with van der Waals surface area (Å²) in [6.45, 7) is 1.55. The van der Waals surface area contributed by atoms with Gasteiger partial charge in [-0.1, -0.05) is 30.3 Å². The van der Waals surface area contributed by atoms with Crippen LogP contribution in [0, 0.1) is 11.1 Å². The van der Waals surface area contributed by atoms with E-state index in [9.17, 15) is 24.7 Å². The molecule has 5 rings (SSSR count). The second-order valence-corrected chi connectivity index (χ2v) is 10.4. The Morgan fingerprint density at radius 1 is 1.13 bits per heavy atom. The van der Waals surface area contributed by atoms with Crippen molar-refractivity contribution in [2.24, 2.45) is 11.2 Å². The molecule has 204 valence electrons. The molecule has 14 heteroatoms. The molecule has 0 bridgehead atoms. The van der Waals surface area contributed by atoms with Crippen LogP contribution in [0.3, 0.4) is 0 Å². The van der Waals surface area contributed by atoms with Gasteiger partial charge in [0.1, 0.15) is 18.1 Å². The van der Waals surface area contributed by atoms with Gasteiger partial charge in [-0.05, 0) is 11.6 Å². The van der Waals surface area contributed by atoms with Crippen molar-refractivity contribution in [2.75, 3.05) is 43.4 Å². The first kappa shape index (κ1) is 26.4. The number of β-lactam (4-membered cyclic amide) rings is 1. The van der Waals surface area contributed by atoms with E-state index in [-0.39, 0.29) is 36.7 Å². The molecule has 3 aliphatic rings. The lowest BCUT2D eigenvalue weighted by Crippen LogP contribution is -2.62. The van der Waals surface area contributed by atoms with Crippen LogP contribution in [-0.4, -0.2) is 91.5 Å². The average molecular weight is 554 g/mol. The van der Waals surface area contributed by atoms with Crippen molar-refractivity contribution in [3.05, 3.63) is 70.8 Å². The first-order valence-electron chi connectivity index (χ1n) is 12.4. The highest BCUT2D eigenvalue weighted by Gasteiger charge is 2.53. The Bertz CT molecular complexity index is 1280. The van der Waals surface area contributed by atoms with Crippen molar-refractivity contribution < 1.29 is 29.3 Å². The number of nitrogens with zero attached hydrogens (tertiary/aromatic N) is 7. The lowest BCUT2D eigenvalue weighted by Gasteiger charge is -2.49. The Hall–Kier alpha value is -4.20. The zero-order chi connectivity index (χ0) is 27.4. The monoisotopic (exact) mass is 553 g/mol. The molecule has 39 heavy (non-hydrogen) atoms. The fraction of sp³-hybridized carbons (Fsp3) is 0.400. The number of aliphatic carboxylic acids is 1. The minimum Gasteiger partial charge on any atom is -0.569 e. The summed E-state index contributed by atoms with van der Waals surface area (Å²) in [6, 6.07) is 11.0. The van der Waals surface area contributed by atoms with E-state index in [4.69, 9.17) is 4.84 Å². The summed E-state index contributed by atoms with van der Waals surface area (Å²) in [4.78, 5) is 54.6. The minimum atomic E-state index is -1.26. The van der Waals surface area contributed by atoms with Crippen molar-refractivity contribution in [1.82, 2.24) is 19.9 Å². The number of carbonyl (C=O) groups excluding carboxylic acids is 2. The van der Waals surface area contributed by atoms with Gasteiger partial charge in [0.25, 0.3) is 0 Å². The highest BCUT2D eigenvalue weighted by Crippen LogP contribution is 2.45. The third-order valence-electron chi connectivity index (χ3n) is 6.75. The second kappa shape index (κ2) is 11.7. The summed E-state index contributed by atoms with van der Waals surface area (Å²) < 4.78 is 0. The van der Waals surface area contributed by atoms with E-state index < -0.39 is 23.2 Å². The van der Waals surface area contributed by atoms with E-state index in [1.54, 1.807) is 18.5 Å². The minimum absolute atomic E-state index is 0.0603. The van der Waals surface area contributed by atoms with E-state index >= 15 is 0 Å². The van der Waals surface area contributed by atoms with E-state index in [1.807, 2.05) is 35.2 Å². The van der Waals surface area contributed by atoms with Gasteiger partial charge in [-0.15, -0.1) is 16.8 Å². The number of hydrogen-bond acceptors (Lipinski definition) is 10. The molecule has 0 spiro atoms. The summed E-state index contributed by atoms with van der Waals surface area (Å²) in [5.41, 5.74) is 1.05. The molecule has 0 unspecified atom stereocenters. The van der Waals surface area contributed by atoms with Gasteiger partial charge in [-0.3, -0.25) is 14.5 Å². The first-order chi connectivity index (χ1) is 18.9. The van der Waals surface area contributed by atoms with Crippen LogP contribution in [0.2, 0.25) is 0 Å². The molecule has 0 aliphatic carbocycles. The van der Waals surface area contributed by atoms with Gasteiger partial charge >= 0.3 is 5.97 Å². The number of aromatic nitrogens is 2. The molecular weight excluding hydrogens is 526 g/mol. The van der Waals surface area contributed by atoms with Crippen molar-refractivity contribution >= 4 is 35.4 Å². The number of carboxylic acid groups (broad SMARTS) is 1. The number of piperazine rings is 1. The summed E-state index contributed by atoms with van der Waals surface area (Å²) in [5, 5.41) is 26.9. The maximum atomic E-state index is 12.9. The van der Waals surface area contributed by atoms with Gasteiger partial charge in [0.2, 0.25) is 17.1 Å². The van der Waals surface area contributed by atoms with E-state index in [1.165, 1.54) is 21.7 Å². The highest BCUT2D eigenvalue weighted by atomic mass is 32.2. The van der Waals surface area contributed by atoms with Crippen molar-refractivity contribution in [1.29, 1.82) is 0 Å². The molecule has 1 amide bonds. The zero-order valence-electron chi connectivity index (χ0n) is 21.0. The van der Waals surface area contributed by atoms with Gasteiger partial charge in [-0.25, -0.2) is 14.8 Å².